The molecule has 1 aliphatic heterocycles. The molecule has 1 aliphatic rings. The number of piperidine rings is 1. The second-order valence-electron chi connectivity index (χ2n) is 6.20. The predicted molar refractivity (Wildman–Crippen MR) is 77.4 cm³/mol. The van der Waals surface area contributed by atoms with Crippen molar-refractivity contribution in [2.75, 3.05) is 19.6 Å². The summed E-state index contributed by atoms with van der Waals surface area (Å²) in [4.78, 5) is 11.8. The summed E-state index contributed by atoms with van der Waals surface area (Å²) in [7, 11) is 0. The summed E-state index contributed by atoms with van der Waals surface area (Å²) in [5.74, 6) is -0.937. The fourth-order valence-corrected chi connectivity index (χ4v) is 3.05. The third-order valence-electron chi connectivity index (χ3n) is 4.25. The number of aliphatic carboxylic acids is 1. The van der Waals surface area contributed by atoms with Crippen LogP contribution in [0.1, 0.15) is 70.6 Å². The first-order valence-electron chi connectivity index (χ1n) is 8.40. The highest BCUT2D eigenvalue weighted by Gasteiger charge is 2.17. The summed E-state index contributed by atoms with van der Waals surface area (Å²) in [5.41, 5.74) is 0. The van der Waals surface area contributed by atoms with Gasteiger partial charge in [0, 0.05) is 5.97 Å². The highest BCUT2D eigenvalue weighted by molar-refractivity contribution is 5.63. The molecule has 4 nitrogen and oxygen atoms in total. The van der Waals surface area contributed by atoms with Crippen molar-refractivity contribution in [2.24, 2.45) is 0 Å². The Bertz CT molecular complexity index is 252. The fraction of sp³-hybridized carbons (Fsp3) is 0.938. The van der Waals surface area contributed by atoms with Crippen molar-refractivity contribution in [1.82, 2.24) is 0 Å². The van der Waals surface area contributed by atoms with E-state index in [1.54, 1.807) is 4.90 Å². The number of aliphatic hydroxyl groups is 1. The number of carboxylic acid groups (broad SMARTS) is 1. The van der Waals surface area contributed by atoms with E-state index in [2.05, 4.69) is 0 Å². The molecule has 0 amide bonds. The summed E-state index contributed by atoms with van der Waals surface area (Å²) >= 11 is 0. The van der Waals surface area contributed by atoms with Gasteiger partial charge in [0.15, 0.2) is 0 Å². The first-order valence-corrected chi connectivity index (χ1v) is 8.40. The number of likely N-dealkylation sites (tertiary alicyclic amines) is 1. The third-order valence-corrected chi connectivity index (χ3v) is 4.25. The minimum absolute atomic E-state index is 0.138. The molecule has 0 spiro atoms. The molecule has 0 aromatic heterocycles. The molecule has 0 bridgehead atoms. The van der Waals surface area contributed by atoms with E-state index in [1.807, 2.05) is 0 Å². The van der Waals surface area contributed by atoms with E-state index in [0.717, 1.165) is 51.5 Å². The van der Waals surface area contributed by atoms with Gasteiger partial charge < -0.3 is 19.9 Å². The molecular formula is C16H31NO3. The van der Waals surface area contributed by atoms with Gasteiger partial charge in [0.25, 0.3) is 0 Å². The van der Waals surface area contributed by atoms with Crippen LogP contribution in [0.3, 0.4) is 0 Å². The van der Waals surface area contributed by atoms with Crippen LogP contribution in [0.25, 0.3) is 0 Å². The zero-order valence-corrected chi connectivity index (χ0v) is 12.7. The second kappa shape index (κ2) is 11.1. The predicted octanol–water partition coefficient (Wildman–Crippen LogP) is 0.287. The lowest BCUT2D eigenvalue weighted by atomic mass is 10.0. The summed E-state index contributed by atoms with van der Waals surface area (Å²) in [6.45, 7) is 3.39. The van der Waals surface area contributed by atoms with E-state index in [4.69, 9.17) is 0 Å². The molecule has 20 heavy (non-hydrogen) atoms. The number of aliphatic hydroxyl groups excluding tert-OH is 1. The van der Waals surface area contributed by atoms with Gasteiger partial charge in [-0.1, -0.05) is 32.1 Å². The first-order chi connectivity index (χ1) is 9.68. The number of hydrogen-bond acceptors (Lipinski definition) is 3. The monoisotopic (exact) mass is 285 g/mol. The molecule has 118 valence electrons. The van der Waals surface area contributed by atoms with Crippen molar-refractivity contribution >= 4 is 5.97 Å². The Hall–Kier alpha value is -0.610. The molecule has 1 atom stereocenters. The molecule has 0 unspecified atom stereocenters. The Labute approximate surface area is 123 Å². The van der Waals surface area contributed by atoms with Gasteiger partial charge in [-0.25, -0.2) is 0 Å². The molecule has 1 saturated heterocycles. The largest absolute Gasteiger partial charge is 0.550 e. The Morgan fingerprint density at radius 2 is 1.60 bits per heavy atom. The minimum atomic E-state index is -0.937. The van der Waals surface area contributed by atoms with E-state index in [0.29, 0.717) is 0 Å². The number of quaternary nitrogens is 1. The van der Waals surface area contributed by atoms with Crippen molar-refractivity contribution < 1.29 is 19.9 Å². The van der Waals surface area contributed by atoms with Crippen molar-refractivity contribution in [1.29, 1.82) is 0 Å². The highest BCUT2D eigenvalue weighted by atomic mass is 16.4. The molecule has 0 aromatic carbocycles. The van der Waals surface area contributed by atoms with Gasteiger partial charge >= 0.3 is 0 Å². The Morgan fingerprint density at radius 1 is 1.00 bits per heavy atom. The lowest BCUT2D eigenvalue weighted by Gasteiger charge is -2.25. The molecule has 0 aromatic rings. The van der Waals surface area contributed by atoms with Crippen LogP contribution < -0.4 is 10.0 Å². The molecular weight excluding hydrogens is 254 g/mol. The van der Waals surface area contributed by atoms with Crippen molar-refractivity contribution in [2.45, 2.75) is 76.7 Å². The zero-order chi connectivity index (χ0) is 14.6. The second-order valence-corrected chi connectivity index (χ2v) is 6.20. The number of nitrogens with one attached hydrogen (secondary N) is 1. The van der Waals surface area contributed by atoms with Gasteiger partial charge in [-0.05, 0) is 38.5 Å². The number of carbonyl (C=O) groups excluding carboxylic acids is 1. The Morgan fingerprint density at radius 3 is 2.25 bits per heavy atom. The standard InChI is InChI=1S/C16H31NO3/c18-15(14-17-12-8-5-9-13-17)10-6-3-1-2-4-7-11-16(19)20/h15,18H,1-14H2,(H,19,20)/t15-/m0/s1. The van der Waals surface area contributed by atoms with Crippen LogP contribution in [0.2, 0.25) is 0 Å². The molecule has 0 saturated carbocycles. The number of rotatable bonds is 11. The van der Waals surface area contributed by atoms with Crippen molar-refractivity contribution in [3.05, 3.63) is 0 Å². The summed E-state index contributed by atoms with van der Waals surface area (Å²) in [6.07, 6.45) is 11.2. The number of carbonyl (C=O) groups is 1. The van der Waals surface area contributed by atoms with E-state index in [9.17, 15) is 15.0 Å². The highest BCUT2D eigenvalue weighted by Crippen LogP contribution is 2.09. The van der Waals surface area contributed by atoms with Gasteiger partial charge in [0.1, 0.15) is 12.6 Å². The summed E-state index contributed by atoms with van der Waals surface area (Å²) < 4.78 is 0. The van der Waals surface area contributed by atoms with Gasteiger partial charge in [0.05, 0.1) is 13.1 Å². The van der Waals surface area contributed by atoms with Crippen LogP contribution in [-0.4, -0.2) is 36.8 Å². The molecule has 4 heteroatoms. The maximum absolute atomic E-state index is 10.2. The van der Waals surface area contributed by atoms with Gasteiger partial charge in [0.2, 0.25) is 0 Å². The quantitative estimate of drug-likeness (QED) is 0.536. The normalized spacial score (nSPS) is 18.1. The lowest BCUT2D eigenvalue weighted by Crippen LogP contribution is -3.13. The van der Waals surface area contributed by atoms with Gasteiger partial charge in [-0.15, -0.1) is 0 Å². The molecule has 1 heterocycles. The smallest absolute Gasteiger partial charge is 0.103 e. The van der Waals surface area contributed by atoms with Crippen molar-refractivity contribution in [3.63, 3.8) is 0 Å². The average Bonchev–Trinajstić information content (AvgIpc) is 2.42. The van der Waals surface area contributed by atoms with E-state index >= 15 is 0 Å². The minimum Gasteiger partial charge on any atom is -0.550 e. The van der Waals surface area contributed by atoms with Crippen LogP contribution in [0.15, 0.2) is 0 Å². The maximum Gasteiger partial charge on any atom is 0.103 e. The van der Waals surface area contributed by atoms with E-state index in [1.165, 1.54) is 32.4 Å². The maximum atomic E-state index is 10.2. The topological polar surface area (TPSA) is 64.8 Å². The molecule has 0 radical (unpaired) electrons. The molecule has 1 rings (SSSR count). The third kappa shape index (κ3) is 9.32. The Balaban J connectivity index is 1.86. The Kier molecular flexibility index (Phi) is 9.67. The van der Waals surface area contributed by atoms with Gasteiger partial charge in [-0.2, -0.15) is 0 Å². The van der Waals surface area contributed by atoms with Crippen LogP contribution in [0, 0.1) is 0 Å². The van der Waals surface area contributed by atoms with Crippen molar-refractivity contribution in [3.8, 4) is 0 Å². The van der Waals surface area contributed by atoms with Gasteiger partial charge in [-0.3, -0.25) is 0 Å². The van der Waals surface area contributed by atoms with Crippen LogP contribution in [0.4, 0.5) is 0 Å². The number of unbranched alkanes of at least 4 members (excludes halogenated alkanes) is 5. The SMILES string of the molecule is O=C([O-])CCCCCCCC[C@H](O)C[NH+]1CCCCC1. The van der Waals surface area contributed by atoms with E-state index in [-0.39, 0.29) is 12.5 Å². The summed E-state index contributed by atoms with van der Waals surface area (Å²) in [6, 6.07) is 0. The number of hydrogen-bond donors (Lipinski definition) is 2. The average molecular weight is 285 g/mol. The van der Waals surface area contributed by atoms with Crippen LogP contribution >= 0.6 is 0 Å². The zero-order valence-electron chi connectivity index (χ0n) is 12.7. The molecule has 0 aliphatic carbocycles. The lowest BCUT2D eigenvalue weighted by molar-refractivity contribution is -0.908. The van der Waals surface area contributed by atoms with E-state index < -0.39 is 5.97 Å². The summed E-state index contributed by atoms with van der Waals surface area (Å²) in [5, 5.41) is 20.2. The van der Waals surface area contributed by atoms with Crippen LogP contribution in [0.5, 0.6) is 0 Å². The fourth-order valence-electron chi connectivity index (χ4n) is 3.05. The molecule has 1 fully saturated rings. The first kappa shape index (κ1) is 17.4. The van der Waals surface area contributed by atoms with Crippen LogP contribution in [-0.2, 0) is 4.79 Å². The number of carboxylic acids is 1. The molecule has 2 N–H and O–H groups in total.